The maximum absolute atomic E-state index is 11.9. The zero-order chi connectivity index (χ0) is 11.5. The van der Waals surface area contributed by atoms with Crippen LogP contribution >= 0.6 is 23.1 Å². The fourth-order valence-electron chi connectivity index (χ4n) is 1.64. The van der Waals surface area contributed by atoms with Gasteiger partial charge in [-0.1, -0.05) is 13.8 Å². The Hall–Kier alpha value is -0.480. The molecule has 2 rings (SSSR count). The summed E-state index contributed by atoms with van der Waals surface area (Å²) in [5, 5.41) is 2.97. The molecule has 0 bridgehead atoms. The van der Waals surface area contributed by atoms with Gasteiger partial charge in [0.2, 0.25) is 0 Å². The average molecular weight is 255 g/mol. The SMILES string of the molecule is CC(C)CNC(=O)c1cc2c(s1)CCSC2. The predicted molar refractivity (Wildman–Crippen MR) is 71.4 cm³/mol. The Balaban J connectivity index is 2.03. The molecule has 0 fully saturated rings. The second-order valence-electron chi connectivity index (χ2n) is 4.47. The van der Waals surface area contributed by atoms with Gasteiger partial charge in [-0.2, -0.15) is 11.8 Å². The molecular weight excluding hydrogens is 238 g/mol. The molecule has 16 heavy (non-hydrogen) atoms. The number of thiophene rings is 1. The fraction of sp³-hybridized carbons (Fsp3) is 0.583. The Bertz CT molecular complexity index is 361. The zero-order valence-corrected chi connectivity index (χ0v) is 11.3. The minimum atomic E-state index is 0.0955. The Labute approximate surface area is 105 Å². The molecule has 1 aromatic rings. The lowest BCUT2D eigenvalue weighted by atomic mass is 10.2. The van der Waals surface area contributed by atoms with Crippen LogP contribution in [0.5, 0.6) is 0 Å². The number of nitrogens with one attached hydrogen (secondary N) is 1. The highest BCUT2D eigenvalue weighted by atomic mass is 32.2. The first-order valence-electron chi connectivity index (χ1n) is 5.64. The molecule has 4 heteroatoms. The molecule has 88 valence electrons. The molecule has 1 aromatic heterocycles. The summed E-state index contributed by atoms with van der Waals surface area (Å²) in [5.41, 5.74) is 1.37. The van der Waals surface area contributed by atoms with Crippen molar-refractivity contribution >= 4 is 29.0 Å². The molecule has 0 saturated heterocycles. The summed E-state index contributed by atoms with van der Waals surface area (Å²) in [5.74, 6) is 2.87. The van der Waals surface area contributed by atoms with E-state index in [1.54, 1.807) is 11.3 Å². The number of thioether (sulfide) groups is 1. The van der Waals surface area contributed by atoms with E-state index in [0.717, 1.165) is 23.6 Å². The van der Waals surface area contributed by atoms with Crippen LogP contribution in [0.2, 0.25) is 0 Å². The van der Waals surface area contributed by atoms with Crippen molar-refractivity contribution in [3.8, 4) is 0 Å². The summed E-state index contributed by atoms with van der Waals surface area (Å²) in [6.07, 6.45) is 1.13. The number of carbonyl (C=O) groups excluding carboxylic acids is 1. The Morgan fingerprint density at radius 2 is 2.38 bits per heavy atom. The molecule has 0 aromatic carbocycles. The van der Waals surface area contributed by atoms with Gasteiger partial charge in [0.1, 0.15) is 0 Å². The van der Waals surface area contributed by atoms with Gasteiger partial charge in [-0.25, -0.2) is 0 Å². The molecule has 1 N–H and O–H groups in total. The van der Waals surface area contributed by atoms with Gasteiger partial charge in [0.15, 0.2) is 0 Å². The predicted octanol–water partition coefficient (Wildman–Crippen LogP) is 2.92. The number of hydrogen-bond acceptors (Lipinski definition) is 3. The molecule has 0 radical (unpaired) electrons. The van der Waals surface area contributed by atoms with Gasteiger partial charge >= 0.3 is 0 Å². The topological polar surface area (TPSA) is 29.1 Å². The van der Waals surface area contributed by atoms with Crippen molar-refractivity contribution in [2.24, 2.45) is 5.92 Å². The number of carbonyl (C=O) groups is 1. The second-order valence-corrected chi connectivity index (χ2v) is 6.71. The molecule has 1 amide bonds. The van der Waals surface area contributed by atoms with E-state index < -0.39 is 0 Å². The monoisotopic (exact) mass is 255 g/mol. The molecule has 0 atom stereocenters. The second kappa shape index (κ2) is 5.23. The van der Waals surface area contributed by atoms with Crippen molar-refractivity contribution in [1.29, 1.82) is 0 Å². The van der Waals surface area contributed by atoms with E-state index >= 15 is 0 Å². The third-order valence-electron chi connectivity index (χ3n) is 2.52. The summed E-state index contributed by atoms with van der Waals surface area (Å²) < 4.78 is 0. The molecular formula is C12H17NOS2. The summed E-state index contributed by atoms with van der Waals surface area (Å²) in [4.78, 5) is 14.2. The van der Waals surface area contributed by atoms with Crippen LogP contribution in [0.3, 0.4) is 0 Å². The Morgan fingerprint density at radius 1 is 1.56 bits per heavy atom. The van der Waals surface area contributed by atoms with Crippen LogP contribution < -0.4 is 5.32 Å². The lowest BCUT2D eigenvalue weighted by Gasteiger charge is -2.08. The van der Waals surface area contributed by atoms with E-state index in [4.69, 9.17) is 0 Å². The van der Waals surface area contributed by atoms with Crippen LogP contribution in [-0.4, -0.2) is 18.2 Å². The Kier molecular flexibility index (Phi) is 3.92. The van der Waals surface area contributed by atoms with Gasteiger partial charge < -0.3 is 5.32 Å². The number of amides is 1. The van der Waals surface area contributed by atoms with Crippen molar-refractivity contribution in [2.75, 3.05) is 12.3 Å². The molecule has 1 aliphatic rings. The van der Waals surface area contributed by atoms with Crippen molar-refractivity contribution in [3.05, 3.63) is 21.4 Å². The smallest absolute Gasteiger partial charge is 0.261 e. The summed E-state index contributed by atoms with van der Waals surface area (Å²) in [6.45, 7) is 4.98. The van der Waals surface area contributed by atoms with Crippen molar-refractivity contribution in [1.82, 2.24) is 5.32 Å². The maximum atomic E-state index is 11.9. The number of aryl methyl sites for hydroxylation is 1. The molecule has 0 saturated carbocycles. The van der Waals surface area contributed by atoms with Crippen LogP contribution in [0.15, 0.2) is 6.07 Å². The van der Waals surface area contributed by atoms with Crippen LogP contribution in [-0.2, 0) is 12.2 Å². The van der Waals surface area contributed by atoms with E-state index in [2.05, 4.69) is 25.2 Å². The van der Waals surface area contributed by atoms with E-state index in [-0.39, 0.29) is 5.91 Å². The maximum Gasteiger partial charge on any atom is 0.261 e. The fourth-order valence-corrected chi connectivity index (χ4v) is 3.93. The Morgan fingerprint density at radius 3 is 3.06 bits per heavy atom. The minimum Gasteiger partial charge on any atom is -0.351 e. The molecule has 2 heterocycles. The largest absolute Gasteiger partial charge is 0.351 e. The van der Waals surface area contributed by atoms with Gasteiger partial charge in [-0.3, -0.25) is 4.79 Å². The number of hydrogen-bond donors (Lipinski definition) is 1. The number of fused-ring (bicyclic) bond motifs is 1. The van der Waals surface area contributed by atoms with Crippen LogP contribution in [0.25, 0.3) is 0 Å². The average Bonchev–Trinajstić information content (AvgIpc) is 2.69. The first-order chi connectivity index (χ1) is 7.66. The molecule has 1 aliphatic heterocycles. The lowest BCUT2D eigenvalue weighted by Crippen LogP contribution is -2.26. The first kappa shape index (κ1) is 12.0. The van der Waals surface area contributed by atoms with Gasteiger partial charge in [-0.05, 0) is 29.7 Å². The minimum absolute atomic E-state index is 0.0955. The van der Waals surface area contributed by atoms with Gasteiger partial charge in [0.05, 0.1) is 4.88 Å². The van der Waals surface area contributed by atoms with Crippen LogP contribution in [0, 0.1) is 5.92 Å². The van der Waals surface area contributed by atoms with Crippen LogP contribution in [0.4, 0.5) is 0 Å². The van der Waals surface area contributed by atoms with Crippen molar-refractivity contribution in [2.45, 2.75) is 26.0 Å². The normalized spacial score (nSPS) is 14.9. The molecule has 2 nitrogen and oxygen atoms in total. The highest BCUT2D eigenvalue weighted by molar-refractivity contribution is 7.98. The van der Waals surface area contributed by atoms with Gasteiger partial charge in [0.25, 0.3) is 5.91 Å². The van der Waals surface area contributed by atoms with Crippen molar-refractivity contribution in [3.63, 3.8) is 0 Å². The first-order valence-corrected chi connectivity index (χ1v) is 7.61. The summed E-state index contributed by atoms with van der Waals surface area (Å²) in [7, 11) is 0. The molecule has 0 spiro atoms. The lowest BCUT2D eigenvalue weighted by molar-refractivity contribution is 0.0953. The van der Waals surface area contributed by atoms with E-state index in [1.165, 1.54) is 16.2 Å². The molecule has 0 aliphatic carbocycles. The van der Waals surface area contributed by atoms with Gasteiger partial charge in [-0.15, -0.1) is 11.3 Å². The van der Waals surface area contributed by atoms with Gasteiger partial charge in [0, 0.05) is 17.2 Å². The summed E-state index contributed by atoms with van der Waals surface area (Å²) in [6, 6.07) is 2.07. The standard InChI is InChI=1S/C12H17NOS2/c1-8(2)6-13-12(14)11-5-9-7-15-4-3-10(9)16-11/h5,8H,3-4,6-7H2,1-2H3,(H,13,14). The van der Waals surface area contributed by atoms with E-state index in [1.807, 2.05) is 11.8 Å². The van der Waals surface area contributed by atoms with E-state index in [0.29, 0.717) is 5.92 Å². The number of rotatable bonds is 3. The molecule has 0 unspecified atom stereocenters. The van der Waals surface area contributed by atoms with Crippen LogP contribution in [0.1, 0.15) is 34.0 Å². The zero-order valence-electron chi connectivity index (χ0n) is 9.71. The summed E-state index contributed by atoms with van der Waals surface area (Å²) >= 11 is 3.63. The highest BCUT2D eigenvalue weighted by Gasteiger charge is 2.17. The third-order valence-corrected chi connectivity index (χ3v) is 4.77. The third kappa shape index (κ3) is 2.80. The quantitative estimate of drug-likeness (QED) is 0.900. The highest BCUT2D eigenvalue weighted by Crippen LogP contribution is 2.31. The van der Waals surface area contributed by atoms with Crippen molar-refractivity contribution < 1.29 is 4.79 Å². The van der Waals surface area contributed by atoms with E-state index in [9.17, 15) is 4.79 Å².